The molecule has 0 heterocycles. The number of aliphatic hydroxyl groups excluding tert-OH is 1. The van der Waals surface area contributed by atoms with E-state index < -0.39 is 15.1 Å². The minimum Gasteiger partial charge on any atom is -0.396 e. The van der Waals surface area contributed by atoms with Gasteiger partial charge in [-0.15, -0.1) is 0 Å². The van der Waals surface area contributed by atoms with E-state index in [9.17, 15) is 13.2 Å². The normalized spacial score (nSPS) is 12.7. The van der Waals surface area contributed by atoms with Crippen LogP contribution >= 0.6 is 0 Å². The van der Waals surface area contributed by atoms with E-state index in [4.69, 9.17) is 9.84 Å². The highest BCUT2D eigenvalue weighted by Gasteiger charge is 2.32. The van der Waals surface area contributed by atoms with Gasteiger partial charge in [-0.3, -0.25) is 4.79 Å². The zero-order valence-corrected chi connectivity index (χ0v) is 15.4. The van der Waals surface area contributed by atoms with Gasteiger partial charge in [0.25, 0.3) is 0 Å². The van der Waals surface area contributed by atoms with Crippen molar-refractivity contribution in [2.24, 2.45) is 0 Å². The molecule has 2 aromatic carbocycles. The van der Waals surface area contributed by atoms with Crippen molar-refractivity contribution in [2.75, 3.05) is 13.2 Å². The lowest BCUT2D eigenvalue weighted by molar-refractivity contribution is -0.119. The molecular formula is C20H24O5S. The van der Waals surface area contributed by atoms with Crippen molar-refractivity contribution >= 4 is 15.6 Å². The third kappa shape index (κ3) is 5.76. The number of aliphatic hydroxyl groups is 1. The molecule has 0 radical (unpaired) electrons. The molecule has 26 heavy (non-hydrogen) atoms. The molecule has 0 aromatic heterocycles. The molecular weight excluding hydrogens is 352 g/mol. The van der Waals surface area contributed by atoms with Crippen LogP contribution in [0.5, 0.6) is 0 Å². The summed E-state index contributed by atoms with van der Waals surface area (Å²) in [5.41, 5.74) is 0.988. The van der Waals surface area contributed by atoms with Crippen LogP contribution in [0.4, 0.5) is 0 Å². The Morgan fingerprint density at radius 2 is 1.62 bits per heavy atom. The van der Waals surface area contributed by atoms with E-state index in [-0.39, 0.29) is 43.2 Å². The molecule has 0 saturated carbocycles. The first kappa shape index (κ1) is 20.3. The summed E-state index contributed by atoms with van der Waals surface area (Å²) in [4.78, 5) is 12.6. The summed E-state index contributed by atoms with van der Waals surface area (Å²) in [6.45, 7) is 0.384. The van der Waals surface area contributed by atoms with Gasteiger partial charge in [0.05, 0.1) is 11.5 Å². The van der Waals surface area contributed by atoms with Crippen LogP contribution in [0.25, 0.3) is 0 Å². The fourth-order valence-corrected chi connectivity index (χ4v) is 4.37. The zero-order chi connectivity index (χ0) is 18.8. The highest BCUT2D eigenvalue weighted by Crippen LogP contribution is 2.21. The lowest BCUT2D eigenvalue weighted by atomic mass is 10.1. The van der Waals surface area contributed by atoms with Crippen molar-refractivity contribution in [3.63, 3.8) is 0 Å². The fourth-order valence-electron chi connectivity index (χ4n) is 2.63. The lowest BCUT2D eigenvalue weighted by Gasteiger charge is -2.17. The molecule has 0 aliphatic heterocycles. The minimum absolute atomic E-state index is 0.0336. The highest BCUT2D eigenvalue weighted by atomic mass is 32.2. The number of Topliss-reactive ketones (excluding diaryl/α,β-unsaturated/α-hetero) is 1. The molecule has 2 aromatic rings. The molecule has 0 fully saturated rings. The Labute approximate surface area is 154 Å². The van der Waals surface area contributed by atoms with Gasteiger partial charge in [0.2, 0.25) is 0 Å². The first-order chi connectivity index (χ1) is 12.6. The Hall–Kier alpha value is -2.02. The van der Waals surface area contributed by atoms with Crippen molar-refractivity contribution < 1.29 is 23.1 Å². The number of hydrogen-bond acceptors (Lipinski definition) is 5. The first-order valence-electron chi connectivity index (χ1n) is 8.60. The summed E-state index contributed by atoms with van der Waals surface area (Å²) in [7, 11) is -3.79. The third-order valence-electron chi connectivity index (χ3n) is 4.02. The number of rotatable bonds is 11. The van der Waals surface area contributed by atoms with Gasteiger partial charge in [-0.1, -0.05) is 48.5 Å². The second-order valence-electron chi connectivity index (χ2n) is 5.97. The second kappa shape index (κ2) is 10.2. The maximum Gasteiger partial charge on any atom is 0.188 e. The van der Waals surface area contributed by atoms with Crippen LogP contribution in [0.2, 0.25) is 0 Å². The number of benzene rings is 2. The molecule has 0 spiro atoms. The number of ketones is 1. The number of carbonyl (C=O) groups is 1. The zero-order valence-electron chi connectivity index (χ0n) is 14.6. The average Bonchev–Trinajstić information content (AvgIpc) is 2.67. The van der Waals surface area contributed by atoms with Crippen molar-refractivity contribution in [3.05, 3.63) is 66.2 Å². The Bertz CT molecular complexity index is 772. The molecule has 1 N–H and O–H groups in total. The van der Waals surface area contributed by atoms with Crippen molar-refractivity contribution in [1.82, 2.24) is 0 Å². The SMILES string of the molecule is O=C(CCCO)C(CCOCc1ccccc1)S(=O)(=O)c1ccccc1. The molecule has 0 saturated heterocycles. The number of ether oxygens (including phenoxy) is 1. The molecule has 0 amide bonds. The van der Waals surface area contributed by atoms with Crippen molar-refractivity contribution in [3.8, 4) is 0 Å². The fraction of sp³-hybridized carbons (Fsp3) is 0.350. The molecule has 0 aliphatic carbocycles. The van der Waals surface area contributed by atoms with Crippen LogP contribution in [0.1, 0.15) is 24.8 Å². The van der Waals surface area contributed by atoms with Crippen molar-refractivity contribution in [2.45, 2.75) is 36.0 Å². The first-order valence-corrected chi connectivity index (χ1v) is 10.1. The molecule has 6 heteroatoms. The van der Waals surface area contributed by atoms with Crippen LogP contribution in [0.15, 0.2) is 65.6 Å². The predicted molar refractivity (Wildman–Crippen MR) is 99.5 cm³/mol. The predicted octanol–water partition coefficient (Wildman–Crippen LogP) is 2.78. The maximum atomic E-state index is 12.9. The summed E-state index contributed by atoms with van der Waals surface area (Å²) in [5.74, 6) is -0.383. The minimum atomic E-state index is -3.79. The summed E-state index contributed by atoms with van der Waals surface area (Å²) in [5, 5.41) is 7.77. The van der Waals surface area contributed by atoms with Gasteiger partial charge < -0.3 is 9.84 Å². The quantitative estimate of drug-likeness (QED) is 0.610. The van der Waals surface area contributed by atoms with Gasteiger partial charge in [0, 0.05) is 19.6 Å². The Kier molecular flexibility index (Phi) is 7.97. The van der Waals surface area contributed by atoms with Gasteiger partial charge in [-0.05, 0) is 30.5 Å². The standard InChI is InChI=1S/C20H24O5S/c21-14-7-12-19(22)20(26(23,24)18-10-5-2-6-11-18)13-15-25-16-17-8-3-1-4-9-17/h1-6,8-11,20-21H,7,12-16H2. The van der Waals surface area contributed by atoms with Crippen molar-refractivity contribution in [1.29, 1.82) is 0 Å². The van der Waals surface area contributed by atoms with E-state index >= 15 is 0 Å². The molecule has 0 bridgehead atoms. The molecule has 1 unspecified atom stereocenters. The van der Waals surface area contributed by atoms with Gasteiger partial charge in [0.1, 0.15) is 5.25 Å². The van der Waals surface area contributed by atoms with Crippen LogP contribution in [0, 0.1) is 0 Å². The monoisotopic (exact) mass is 376 g/mol. The van der Waals surface area contributed by atoms with Crippen LogP contribution in [-0.2, 0) is 26.0 Å². The van der Waals surface area contributed by atoms with E-state index in [2.05, 4.69) is 0 Å². The molecule has 0 aliphatic rings. The second-order valence-corrected chi connectivity index (χ2v) is 8.10. The van der Waals surface area contributed by atoms with Gasteiger partial charge >= 0.3 is 0 Å². The topological polar surface area (TPSA) is 80.7 Å². The van der Waals surface area contributed by atoms with Gasteiger partial charge in [0.15, 0.2) is 15.6 Å². The highest BCUT2D eigenvalue weighted by molar-refractivity contribution is 7.92. The van der Waals surface area contributed by atoms with Crippen LogP contribution in [0.3, 0.4) is 0 Å². The van der Waals surface area contributed by atoms with Gasteiger partial charge in [-0.2, -0.15) is 0 Å². The number of hydrogen-bond donors (Lipinski definition) is 1. The maximum absolute atomic E-state index is 12.9. The van der Waals surface area contributed by atoms with E-state index in [1.54, 1.807) is 18.2 Å². The Morgan fingerprint density at radius 1 is 1.00 bits per heavy atom. The van der Waals surface area contributed by atoms with Crippen LogP contribution < -0.4 is 0 Å². The summed E-state index contributed by atoms with van der Waals surface area (Å²) in [6, 6.07) is 17.5. The van der Waals surface area contributed by atoms with Gasteiger partial charge in [-0.25, -0.2) is 8.42 Å². The smallest absolute Gasteiger partial charge is 0.188 e. The Morgan fingerprint density at radius 3 is 2.23 bits per heavy atom. The van der Waals surface area contributed by atoms with Crippen LogP contribution in [-0.4, -0.2) is 37.8 Å². The molecule has 1 atom stereocenters. The number of sulfone groups is 1. The average molecular weight is 376 g/mol. The third-order valence-corrected chi connectivity index (χ3v) is 6.20. The van der Waals surface area contributed by atoms with E-state index in [1.807, 2.05) is 30.3 Å². The largest absolute Gasteiger partial charge is 0.396 e. The van der Waals surface area contributed by atoms with E-state index in [0.29, 0.717) is 6.61 Å². The Balaban J connectivity index is 2.05. The van der Waals surface area contributed by atoms with E-state index in [0.717, 1.165) is 5.56 Å². The summed E-state index contributed by atoms with van der Waals surface area (Å²) >= 11 is 0. The molecule has 2 rings (SSSR count). The molecule has 5 nitrogen and oxygen atoms in total. The number of carbonyl (C=O) groups excluding carboxylic acids is 1. The molecule has 140 valence electrons. The summed E-state index contributed by atoms with van der Waals surface area (Å²) < 4.78 is 31.3. The lowest BCUT2D eigenvalue weighted by Crippen LogP contribution is -2.32. The van der Waals surface area contributed by atoms with E-state index in [1.165, 1.54) is 12.1 Å². The summed E-state index contributed by atoms with van der Waals surface area (Å²) in [6.07, 6.45) is 0.380.